The molecule has 0 radical (unpaired) electrons. The van der Waals surface area contributed by atoms with E-state index in [2.05, 4.69) is 24.5 Å². The van der Waals surface area contributed by atoms with Crippen LogP contribution in [0.1, 0.15) is 71.3 Å². The zero-order valence-corrected chi connectivity index (χ0v) is 24.5. The number of nitrogens with zero attached hydrogens (tertiary/aromatic N) is 2. The number of hydrogen-bond donors (Lipinski definition) is 3. The monoisotopic (exact) mass is 570 g/mol. The predicted octanol–water partition coefficient (Wildman–Crippen LogP) is 5.47. The number of rotatable bonds is 8. The molecule has 1 aliphatic heterocycles. The van der Waals surface area contributed by atoms with E-state index < -0.39 is 30.1 Å². The minimum absolute atomic E-state index is 0.236. The van der Waals surface area contributed by atoms with Crippen LogP contribution in [-0.2, 0) is 9.59 Å². The lowest BCUT2D eigenvalue weighted by Gasteiger charge is -2.43. The van der Waals surface area contributed by atoms with Gasteiger partial charge >= 0.3 is 12.0 Å². The van der Waals surface area contributed by atoms with Gasteiger partial charge in [0, 0.05) is 24.3 Å². The highest BCUT2D eigenvalue weighted by atomic mass is 16.4. The van der Waals surface area contributed by atoms with Crippen molar-refractivity contribution in [3.63, 3.8) is 0 Å². The van der Waals surface area contributed by atoms with Gasteiger partial charge in [0.05, 0.1) is 12.5 Å². The van der Waals surface area contributed by atoms with E-state index in [0.717, 1.165) is 16.7 Å². The van der Waals surface area contributed by atoms with Gasteiger partial charge in [0.2, 0.25) is 0 Å². The number of hydrogen-bond acceptors (Lipinski definition) is 4. The van der Waals surface area contributed by atoms with Crippen LogP contribution in [0, 0.1) is 13.8 Å². The topological polar surface area (TPSA) is 119 Å². The second-order valence-electron chi connectivity index (χ2n) is 11.1. The number of aryl methyl sites for hydroxylation is 2. The van der Waals surface area contributed by atoms with Crippen molar-refractivity contribution in [2.45, 2.75) is 58.7 Å². The number of carbonyl (C=O) groups is 4. The third kappa shape index (κ3) is 7.34. The molecule has 1 heterocycles. The maximum atomic E-state index is 14.0. The summed E-state index contributed by atoms with van der Waals surface area (Å²) in [7, 11) is 0. The highest BCUT2D eigenvalue weighted by Crippen LogP contribution is 2.24. The van der Waals surface area contributed by atoms with Gasteiger partial charge in [0.25, 0.3) is 11.8 Å². The molecule has 220 valence electrons. The maximum Gasteiger partial charge on any atom is 0.323 e. The highest BCUT2D eigenvalue weighted by Gasteiger charge is 2.41. The number of urea groups is 1. The van der Waals surface area contributed by atoms with Crippen LogP contribution >= 0.6 is 0 Å². The maximum absolute atomic E-state index is 14.0. The summed E-state index contributed by atoms with van der Waals surface area (Å²) in [4.78, 5) is 55.9. The average Bonchev–Trinajstić information content (AvgIpc) is 2.96. The van der Waals surface area contributed by atoms with E-state index >= 15 is 0 Å². The van der Waals surface area contributed by atoms with Crippen molar-refractivity contribution in [3.05, 3.63) is 101 Å². The molecule has 0 spiro atoms. The van der Waals surface area contributed by atoms with Crippen molar-refractivity contribution in [2.75, 3.05) is 18.4 Å². The largest absolute Gasteiger partial charge is 0.481 e. The van der Waals surface area contributed by atoms with Gasteiger partial charge in [0.15, 0.2) is 6.17 Å². The summed E-state index contributed by atoms with van der Waals surface area (Å²) in [5.41, 5.74) is 4.60. The van der Waals surface area contributed by atoms with E-state index in [9.17, 15) is 24.3 Å². The van der Waals surface area contributed by atoms with Crippen LogP contribution < -0.4 is 10.6 Å². The van der Waals surface area contributed by atoms with Crippen LogP contribution in [0.3, 0.4) is 0 Å². The molecular weight excluding hydrogens is 532 g/mol. The molecule has 42 heavy (non-hydrogen) atoms. The highest BCUT2D eigenvalue weighted by molar-refractivity contribution is 6.00. The third-order valence-electron chi connectivity index (χ3n) is 7.41. The lowest BCUT2D eigenvalue weighted by atomic mass is 10.0. The van der Waals surface area contributed by atoms with Gasteiger partial charge in [0.1, 0.15) is 0 Å². The number of benzene rings is 3. The molecule has 2 atom stereocenters. The normalized spacial score (nSPS) is 15.7. The smallest absolute Gasteiger partial charge is 0.323 e. The van der Waals surface area contributed by atoms with Gasteiger partial charge in [-0.05, 0) is 61.6 Å². The molecule has 1 saturated heterocycles. The first-order valence-electron chi connectivity index (χ1n) is 14.2. The average molecular weight is 571 g/mol. The molecule has 3 N–H and O–H groups in total. The molecule has 1 aliphatic rings. The van der Waals surface area contributed by atoms with Crippen LogP contribution in [0.2, 0.25) is 0 Å². The Balaban J connectivity index is 1.66. The molecule has 9 heteroatoms. The van der Waals surface area contributed by atoms with E-state index in [1.807, 2.05) is 62.4 Å². The predicted molar refractivity (Wildman–Crippen MR) is 161 cm³/mol. The summed E-state index contributed by atoms with van der Waals surface area (Å²) in [5, 5.41) is 15.3. The van der Waals surface area contributed by atoms with Crippen molar-refractivity contribution in [3.8, 4) is 0 Å². The summed E-state index contributed by atoms with van der Waals surface area (Å²) in [5.74, 6) is -1.77. The van der Waals surface area contributed by atoms with E-state index in [1.165, 1.54) is 9.80 Å². The zero-order valence-electron chi connectivity index (χ0n) is 24.5. The first kappa shape index (κ1) is 30.3. The summed E-state index contributed by atoms with van der Waals surface area (Å²) in [6.07, 6.45) is -1.18. The van der Waals surface area contributed by atoms with Crippen LogP contribution in [-0.4, -0.2) is 58.0 Å². The number of amides is 4. The van der Waals surface area contributed by atoms with Crippen molar-refractivity contribution in [1.82, 2.24) is 15.1 Å². The Morgan fingerprint density at radius 3 is 2.14 bits per heavy atom. The molecular formula is C33H38N4O5. The molecule has 0 aliphatic carbocycles. The van der Waals surface area contributed by atoms with Gasteiger partial charge in [-0.2, -0.15) is 0 Å². The molecule has 0 saturated carbocycles. The summed E-state index contributed by atoms with van der Waals surface area (Å²) >= 11 is 0. The Labute approximate surface area is 246 Å². The molecule has 0 aromatic heterocycles. The number of carboxylic acid groups (broad SMARTS) is 1. The van der Waals surface area contributed by atoms with Gasteiger partial charge in [-0.25, -0.2) is 4.79 Å². The molecule has 4 rings (SSSR count). The van der Waals surface area contributed by atoms with Gasteiger partial charge < -0.3 is 20.6 Å². The SMILES string of the molecule is Cc1ccc(C(=O)N2CCCN(C(=O)Nc3ccc(C(C)C)cc3)C2C(=O)NC(CC(=O)O)c2cccc(C)c2)cc1. The number of carboxylic acids is 1. The minimum atomic E-state index is -1.29. The molecule has 1 fully saturated rings. The van der Waals surface area contributed by atoms with E-state index in [0.29, 0.717) is 29.2 Å². The molecule has 3 aromatic rings. The molecule has 2 unspecified atom stereocenters. The first-order chi connectivity index (χ1) is 20.0. The Morgan fingerprint density at radius 2 is 1.52 bits per heavy atom. The van der Waals surface area contributed by atoms with E-state index in [4.69, 9.17) is 0 Å². The number of aliphatic carboxylic acids is 1. The lowest BCUT2D eigenvalue weighted by Crippen LogP contribution is -2.64. The molecule has 3 aromatic carbocycles. The van der Waals surface area contributed by atoms with Crippen molar-refractivity contribution < 1.29 is 24.3 Å². The second-order valence-corrected chi connectivity index (χ2v) is 11.1. The quantitative estimate of drug-likeness (QED) is 0.332. The zero-order chi connectivity index (χ0) is 30.4. The minimum Gasteiger partial charge on any atom is -0.481 e. The van der Waals surface area contributed by atoms with Crippen LogP contribution in [0.5, 0.6) is 0 Å². The van der Waals surface area contributed by atoms with E-state index in [1.54, 1.807) is 24.3 Å². The fourth-order valence-electron chi connectivity index (χ4n) is 5.10. The molecule has 9 nitrogen and oxygen atoms in total. The third-order valence-corrected chi connectivity index (χ3v) is 7.41. The Kier molecular flexibility index (Phi) is 9.62. The summed E-state index contributed by atoms with van der Waals surface area (Å²) in [6, 6.07) is 20.4. The van der Waals surface area contributed by atoms with Gasteiger partial charge in [-0.15, -0.1) is 0 Å². The second kappa shape index (κ2) is 13.3. The van der Waals surface area contributed by atoms with E-state index in [-0.39, 0.29) is 25.4 Å². The van der Waals surface area contributed by atoms with Gasteiger partial charge in [-0.1, -0.05) is 73.5 Å². The number of anilines is 1. The number of carbonyl (C=O) groups excluding carboxylic acids is 3. The van der Waals surface area contributed by atoms with Crippen LogP contribution in [0.15, 0.2) is 72.8 Å². The Morgan fingerprint density at radius 1 is 0.857 bits per heavy atom. The van der Waals surface area contributed by atoms with Crippen LogP contribution in [0.25, 0.3) is 0 Å². The van der Waals surface area contributed by atoms with Crippen LogP contribution in [0.4, 0.5) is 10.5 Å². The molecule has 4 amide bonds. The lowest BCUT2D eigenvalue weighted by molar-refractivity contribution is -0.138. The first-order valence-corrected chi connectivity index (χ1v) is 14.2. The van der Waals surface area contributed by atoms with Crippen molar-refractivity contribution >= 4 is 29.5 Å². The fourth-order valence-corrected chi connectivity index (χ4v) is 5.10. The summed E-state index contributed by atoms with van der Waals surface area (Å²) in [6.45, 7) is 8.45. The molecule has 0 bridgehead atoms. The van der Waals surface area contributed by atoms with Crippen molar-refractivity contribution in [1.29, 1.82) is 0 Å². The Hall–Kier alpha value is -4.66. The fraction of sp³-hybridized carbons (Fsp3) is 0.333. The van der Waals surface area contributed by atoms with Crippen molar-refractivity contribution in [2.24, 2.45) is 0 Å². The van der Waals surface area contributed by atoms with Gasteiger partial charge in [-0.3, -0.25) is 19.3 Å². The Bertz CT molecular complexity index is 1440. The standard InChI is InChI=1S/C33H38N4O5/c1-21(2)24-13-15-27(16-14-24)34-33(42)37-18-6-17-36(32(41)25-11-9-22(3)10-12-25)31(37)30(40)35-28(20-29(38)39)26-8-5-7-23(4)19-26/h5,7-16,19,21,28,31H,6,17-18,20H2,1-4H3,(H,34,42)(H,35,40)(H,38,39). The summed E-state index contributed by atoms with van der Waals surface area (Å²) < 4.78 is 0. The number of nitrogens with one attached hydrogen (secondary N) is 2.